The average molecular weight is 242 g/mol. The van der Waals surface area contributed by atoms with Crippen LogP contribution in [-0.4, -0.2) is 15.9 Å². The van der Waals surface area contributed by atoms with E-state index in [1.165, 1.54) is 6.33 Å². The quantitative estimate of drug-likeness (QED) is 0.795. The summed E-state index contributed by atoms with van der Waals surface area (Å²) < 4.78 is 0. The largest absolute Gasteiger partial charge is 0.399 e. The predicted molar refractivity (Wildman–Crippen MR) is 68.8 cm³/mol. The Bertz CT molecular complexity index is 554. The van der Waals surface area contributed by atoms with E-state index in [4.69, 9.17) is 5.73 Å². The van der Waals surface area contributed by atoms with E-state index in [-0.39, 0.29) is 5.91 Å². The molecular weight excluding hydrogens is 228 g/mol. The number of rotatable bonds is 3. The van der Waals surface area contributed by atoms with E-state index in [1.807, 2.05) is 13.0 Å². The van der Waals surface area contributed by atoms with Crippen LogP contribution in [0.2, 0.25) is 0 Å². The SMILES string of the molecule is Cc1ccc(N)cc1C(=O)NCc1ccncn1. The van der Waals surface area contributed by atoms with Crippen LogP contribution >= 0.6 is 0 Å². The molecular formula is C13H14N4O. The first-order valence-corrected chi connectivity index (χ1v) is 5.56. The van der Waals surface area contributed by atoms with E-state index in [9.17, 15) is 4.79 Å². The van der Waals surface area contributed by atoms with Crippen molar-refractivity contribution in [3.05, 3.63) is 53.6 Å². The van der Waals surface area contributed by atoms with Gasteiger partial charge in [-0.05, 0) is 30.7 Å². The van der Waals surface area contributed by atoms with Gasteiger partial charge in [-0.15, -0.1) is 0 Å². The van der Waals surface area contributed by atoms with Crippen molar-refractivity contribution >= 4 is 11.6 Å². The zero-order valence-corrected chi connectivity index (χ0v) is 10.1. The molecule has 1 aromatic heterocycles. The lowest BCUT2D eigenvalue weighted by Crippen LogP contribution is -2.24. The molecule has 0 atom stereocenters. The van der Waals surface area contributed by atoms with Crippen LogP contribution in [0.25, 0.3) is 0 Å². The minimum atomic E-state index is -0.154. The maximum absolute atomic E-state index is 12.0. The lowest BCUT2D eigenvalue weighted by molar-refractivity contribution is 0.0950. The van der Waals surface area contributed by atoms with Crippen molar-refractivity contribution in [3.8, 4) is 0 Å². The number of nitrogens with zero attached hydrogens (tertiary/aromatic N) is 2. The summed E-state index contributed by atoms with van der Waals surface area (Å²) in [5.74, 6) is -0.154. The Kier molecular flexibility index (Phi) is 3.52. The van der Waals surface area contributed by atoms with Gasteiger partial charge < -0.3 is 11.1 Å². The summed E-state index contributed by atoms with van der Waals surface area (Å²) in [6.07, 6.45) is 3.09. The van der Waals surface area contributed by atoms with Crippen molar-refractivity contribution in [1.29, 1.82) is 0 Å². The van der Waals surface area contributed by atoms with Crippen LogP contribution in [0.15, 0.2) is 36.8 Å². The highest BCUT2D eigenvalue weighted by atomic mass is 16.1. The predicted octanol–water partition coefficient (Wildman–Crippen LogP) is 1.30. The molecule has 92 valence electrons. The van der Waals surface area contributed by atoms with E-state index in [0.717, 1.165) is 11.3 Å². The van der Waals surface area contributed by atoms with Crippen molar-refractivity contribution in [3.63, 3.8) is 0 Å². The van der Waals surface area contributed by atoms with Gasteiger partial charge >= 0.3 is 0 Å². The normalized spacial score (nSPS) is 10.1. The van der Waals surface area contributed by atoms with Crippen molar-refractivity contribution in [2.24, 2.45) is 0 Å². The molecule has 0 saturated carbocycles. The number of amides is 1. The summed E-state index contributed by atoms with van der Waals surface area (Å²) in [6.45, 7) is 2.24. The second-order valence-corrected chi connectivity index (χ2v) is 3.96. The summed E-state index contributed by atoms with van der Waals surface area (Å²) >= 11 is 0. The molecule has 1 heterocycles. The van der Waals surface area contributed by atoms with Gasteiger partial charge in [-0.25, -0.2) is 9.97 Å². The van der Waals surface area contributed by atoms with Crippen molar-refractivity contribution < 1.29 is 4.79 Å². The van der Waals surface area contributed by atoms with Crippen LogP contribution in [0.1, 0.15) is 21.6 Å². The lowest BCUT2D eigenvalue weighted by atomic mass is 10.1. The topological polar surface area (TPSA) is 80.9 Å². The standard InChI is InChI=1S/C13H14N4O/c1-9-2-3-10(14)6-12(9)13(18)16-7-11-4-5-15-8-17-11/h2-6,8H,7,14H2,1H3,(H,16,18). The van der Waals surface area contributed by atoms with Crippen molar-refractivity contribution in [2.45, 2.75) is 13.5 Å². The number of hydrogen-bond acceptors (Lipinski definition) is 4. The van der Waals surface area contributed by atoms with Crippen molar-refractivity contribution in [1.82, 2.24) is 15.3 Å². The van der Waals surface area contributed by atoms with Gasteiger partial charge in [0.15, 0.2) is 0 Å². The average Bonchev–Trinajstić information content (AvgIpc) is 2.40. The van der Waals surface area contributed by atoms with Crippen LogP contribution in [0, 0.1) is 6.92 Å². The molecule has 0 radical (unpaired) electrons. The third-order valence-corrected chi connectivity index (χ3v) is 2.58. The zero-order chi connectivity index (χ0) is 13.0. The Labute approximate surface area is 105 Å². The summed E-state index contributed by atoms with van der Waals surface area (Å²) in [4.78, 5) is 19.8. The molecule has 2 aromatic rings. The molecule has 0 aliphatic rings. The molecule has 3 N–H and O–H groups in total. The molecule has 5 heteroatoms. The van der Waals surface area contributed by atoms with Crippen molar-refractivity contribution in [2.75, 3.05) is 5.73 Å². The molecule has 0 saturated heterocycles. The monoisotopic (exact) mass is 242 g/mol. The number of hydrogen-bond donors (Lipinski definition) is 2. The van der Waals surface area contributed by atoms with E-state index in [2.05, 4.69) is 15.3 Å². The highest BCUT2D eigenvalue weighted by Gasteiger charge is 2.09. The summed E-state index contributed by atoms with van der Waals surface area (Å²) in [6, 6.07) is 7.03. The maximum atomic E-state index is 12.0. The van der Waals surface area contributed by atoms with Crippen LogP contribution in [0.3, 0.4) is 0 Å². The summed E-state index contributed by atoms with van der Waals surface area (Å²) in [5, 5.41) is 2.80. The highest BCUT2D eigenvalue weighted by molar-refractivity contribution is 5.96. The number of carbonyl (C=O) groups excluding carboxylic acids is 1. The molecule has 5 nitrogen and oxygen atoms in total. The Hall–Kier alpha value is -2.43. The summed E-state index contributed by atoms with van der Waals surface area (Å²) in [5.41, 5.74) is 8.49. The first-order valence-electron chi connectivity index (χ1n) is 5.56. The Morgan fingerprint density at radius 3 is 2.94 bits per heavy atom. The fourth-order valence-electron chi connectivity index (χ4n) is 1.57. The van der Waals surface area contributed by atoms with E-state index >= 15 is 0 Å². The maximum Gasteiger partial charge on any atom is 0.251 e. The number of aromatic nitrogens is 2. The molecule has 18 heavy (non-hydrogen) atoms. The number of anilines is 1. The van der Waals surface area contributed by atoms with Gasteiger partial charge in [0.2, 0.25) is 0 Å². The molecule has 0 aliphatic carbocycles. The van der Waals surface area contributed by atoms with Gasteiger partial charge in [0.25, 0.3) is 5.91 Å². The Morgan fingerprint density at radius 1 is 1.39 bits per heavy atom. The lowest BCUT2D eigenvalue weighted by Gasteiger charge is -2.08. The smallest absolute Gasteiger partial charge is 0.251 e. The van der Waals surface area contributed by atoms with Gasteiger partial charge in [-0.1, -0.05) is 6.07 Å². The second kappa shape index (κ2) is 5.27. The number of nitrogens with two attached hydrogens (primary N) is 1. The number of benzene rings is 1. The molecule has 0 spiro atoms. The number of carbonyl (C=O) groups is 1. The molecule has 0 fully saturated rings. The van der Waals surface area contributed by atoms with Crippen LogP contribution in [0.5, 0.6) is 0 Å². The molecule has 0 aliphatic heterocycles. The van der Waals surface area contributed by atoms with Crippen LogP contribution in [0.4, 0.5) is 5.69 Å². The third-order valence-electron chi connectivity index (χ3n) is 2.58. The van der Waals surface area contributed by atoms with Gasteiger partial charge in [0, 0.05) is 17.4 Å². The first-order chi connectivity index (χ1) is 8.66. The number of nitrogen functional groups attached to an aromatic ring is 1. The number of nitrogens with one attached hydrogen (secondary N) is 1. The molecule has 1 amide bonds. The molecule has 0 unspecified atom stereocenters. The fraction of sp³-hybridized carbons (Fsp3) is 0.154. The van der Waals surface area contributed by atoms with E-state index in [1.54, 1.807) is 24.4 Å². The van der Waals surface area contributed by atoms with Gasteiger partial charge in [-0.3, -0.25) is 4.79 Å². The Balaban J connectivity index is 2.06. The van der Waals surface area contributed by atoms with E-state index < -0.39 is 0 Å². The zero-order valence-electron chi connectivity index (χ0n) is 10.1. The molecule has 2 rings (SSSR count). The number of aryl methyl sites for hydroxylation is 1. The fourth-order valence-corrected chi connectivity index (χ4v) is 1.57. The minimum absolute atomic E-state index is 0.154. The van der Waals surface area contributed by atoms with Crippen LogP contribution in [-0.2, 0) is 6.54 Å². The van der Waals surface area contributed by atoms with E-state index in [0.29, 0.717) is 17.8 Å². The third kappa shape index (κ3) is 2.82. The second-order valence-electron chi connectivity index (χ2n) is 3.96. The van der Waals surface area contributed by atoms with Gasteiger partial charge in [0.05, 0.1) is 12.2 Å². The van der Waals surface area contributed by atoms with Gasteiger partial charge in [-0.2, -0.15) is 0 Å². The summed E-state index contributed by atoms with van der Waals surface area (Å²) in [7, 11) is 0. The first kappa shape index (κ1) is 12.0. The minimum Gasteiger partial charge on any atom is -0.399 e. The Morgan fingerprint density at radius 2 is 2.22 bits per heavy atom. The highest BCUT2D eigenvalue weighted by Crippen LogP contribution is 2.12. The molecule has 1 aromatic carbocycles. The molecule has 0 bridgehead atoms. The van der Waals surface area contributed by atoms with Crippen LogP contribution < -0.4 is 11.1 Å². The van der Waals surface area contributed by atoms with Gasteiger partial charge in [0.1, 0.15) is 6.33 Å².